The van der Waals surface area contributed by atoms with Crippen molar-refractivity contribution in [3.05, 3.63) is 65.2 Å². The number of nitrogens with two attached hydrogens (primary N) is 1. The van der Waals surface area contributed by atoms with Crippen molar-refractivity contribution in [3.63, 3.8) is 0 Å². The Morgan fingerprint density at radius 2 is 1.55 bits per heavy atom. The monoisotopic (exact) mass is 487 g/mol. The zero-order valence-corrected chi connectivity index (χ0v) is 17.8. The van der Waals surface area contributed by atoms with Crippen LogP contribution in [0.25, 0.3) is 0 Å². The third-order valence-electron chi connectivity index (χ3n) is 4.22. The zero-order valence-electron chi connectivity index (χ0n) is 17.0. The standard InChI is InChI=1S/C20H20F3N3O6S/c21-20(22,23)15-5-3-14(4-6-15)19(29)26-11-18(28)32-12-17(27)25-10-9-13-1-7-16(8-2-13)33(24,30)31/h1-8H,9-12H2,(H,25,27)(H,26,29)(H2,24,30,31). The molecule has 4 N–H and O–H groups in total. The van der Waals surface area contributed by atoms with Gasteiger partial charge in [-0.2, -0.15) is 13.2 Å². The Balaban J connectivity index is 1.67. The van der Waals surface area contributed by atoms with E-state index in [4.69, 9.17) is 9.88 Å². The lowest BCUT2D eigenvalue weighted by Crippen LogP contribution is -2.34. The molecule has 2 amide bonds. The molecule has 0 spiro atoms. The molecule has 0 aromatic heterocycles. The molecule has 0 aliphatic rings. The average molecular weight is 487 g/mol. The smallest absolute Gasteiger partial charge is 0.416 e. The van der Waals surface area contributed by atoms with E-state index in [9.17, 15) is 36.0 Å². The predicted octanol–water partition coefficient (Wildman–Crippen LogP) is 0.985. The van der Waals surface area contributed by atoms with Crippen molar-refractivity contribution in [2.45, 2.75) is 17.5 Å². The molecule has 0 heterocycles. The number of alkyl halides is 3. The lowest BCUT2D eigenvalue weighted by molar-refractivity contribution is -0.147. The molecule has 0 unspecified atom stereocenters. The Bertz CT molecular complexity index is 1100. The first-order chi connectivity index (χ1) is 15.4. The maximum Gasteiger partial charge on any atom is 0.416 e. The summed E-state index contributed by atoms with van der Waals surface area (Å²) in [6.45, 7) is -0.987. The fourth-order valence-corrected chi connectivity index (χ4v) is 3.02. The molecule has 0 aliphatic carbocycles. The molecule has 33 heavy (non-hydrogen) atoms. The highest BCUT2D eigenvalue weighted by Gasteiger charge is 2.30. The quantitative estimate of drug-likeness (QED) is 0.450. The summed E-state index contributed by atoms with van der Waals surface area (Å²) in [4.78, 5) is 35.2. The van der Waals surface area contributed by atoms with Crippen molar-refractivity contribution in [1.29, 1.82) is 0 Å². The molecular formula is C20H20F3N3O6S. The number of halogens is 3. The van der Waals surface area contributed by atoms with E-state index in [0.29, 0.717) is 6.42 Å². The number of sulfonamides is 1. The molecule has 0 saturated heterocycles. The molecule has 13 heteroatoms. The second-order valence-corrected chi connectivity index (χ2v) is 8.27. The minimum absolute atomic E-state index is 0.0346. The first kappa shape index (κ1) is 25.8. The third kappa shape index (κ3) is 8.54. The molecule has 0 saturated carbocycles. The van der Waals surface area contributed by atoms with Crippen molar-refractivity contribution < 1.29 is 40.7 Å². The van der Waals surface area contributed by atoms with Gasteiger partial charge in [0.15, 0.2) is 6.61 Å². The highest BCUT2D eigenvalue weighted by Crippen LogP contribution is 2.29. The fourth-order valence-electron chi connectivity index (χ4n) is 2.51. The Morgan fingerprint density at radius 3 is 2.09 bits per heavy atom. The predicted molar refractivity (Wildman–Crippen MR) is 109 cm³/mol. The Hall–Kier alpha value is -3.45. The molecule has 9 nitrogen and oxygen atoms in total. The Kier molecular flexibility index (Phi) is 8.54. The van der Waals surface area contributed by atoms with E-state index < -0.39 is 52.7 Å². The maximum absolute atomic E-state index is 12.5. The van der Waals surface area contributed by atoms with Gasteiger partial charge in [-0.05, 0) is 48.4 Å². The van der Waals surface area contributed by atoms with Crippen LogP contribution in [0.2, 0.25) is 0 Å². The van der Waals surface area contributed by atoms with E-state index >= 15 is 0 Å². The van der Waals surface area contributed by atoms with E-state index in [0.717, 1.165) is 29.8 Å². The van der Waals surface area contributed by atoms with E-state index in [2.05, 4.69) is 10.6 Å². The van der Waals surface area contributed by atoms with Gasteiger partial charge < -0.3 is 15.4 Å². The van der Waals surface area contributed by atoms with E-state index in [1.807, 2.05) is 0 Å². The summed E-state index contributed by atoms with van der Waals surface area (Å²) in [5.74, 6) is -2.29. The molecule has 0 atom stereocenters. The normalized spacial score (nSPS) is 11.5. The van der Waals surface area contributed by atoms with Gasteiger partial charge in [-0.15, -0.1) is 0 Å². The van der Waals surface area contributed by atoms with Crippen molar-refractivity contribution in [1.82, 2.24) is 10.6 Å². The lowest BCUT2D eigenvalue weighted by atomic mass is 10.1. The number of hydrogen-bond acceptors (Lipinski definition) is 6. The van der Waals surface area contributed by atoms with Gasteiger partial charge in [0.2, 0.25) is 10.0 Å². The van der Waals surface area contributed by atoms with Crippen LogP contribution in [0.4, 0.5) is 13.2 Å². The number of rotatable bonds is 9. The van der Waals surface area contributed by atoms with Gasteiger partial charge in [0.05, 0.1) is 10.5 Å². The number of esters is 1. The van der Waals surface area contributed by atoms with Gasteiger partial charge in [0, 0.05) is 12.1 Å². The minimum Gasteiger partial charge on any atom is -0.454 e. The van der Waals surface area contributed by atoms with Crippen molar-refractivity contribution in [2.75, 3.05) is 19.7 Å². The maximum atomic E-state index is 12.5. The minimum atomic E-state index is -4.53. The van der Waals surface area contributed by atoms with E-state index in [1.54, 1.807) is 12.1 Å². The van der Waals surface area contributed by atoms with Gasteiger partial charge in [-0.1, -0.05) is 12.1 Å². The summed E-state index contributed by atoms with van der Waals surface area (Å²) in [5, 5.41) is 9.69. The van der Waals surface area contributed by atoms with Crippen LogP contribution < -0.4 is 15.8 Å². The van der Waals surface area contributed by atoms with Gasteiger partial charge >= 0.3 is 12.1 Å². The number of primary sulfonamides is 1. The Morgan fingerprint density at radius 1 is 0.939 bits per heavy atom. The fraction of sp³-hybridized carbons (Fsp3) is 0.250. The van der Waals surface area contributed by atoms with Gasteiger partial charge in [0.1, 0.15) is 6.54 Å². The topological polar surface area (TPSA) is 145 Å². The molecule has 0 fully saturated rings. The van der Waals surface area contributed by atoms with Crippen molar-refractivity contribution in [3.8, 4) is 0 Å². The van der Waals surface area contributed by atoms with Crippen molar-refractivity contribution >= 4 is 27.8 Å². The van der Waals surface area contributed by atoms with Gasteiger partial charge in [0.25, 0.3) is 11.8 Å². The lowest BCUT2D eigenvalue weighted by Gasteiger charge is -2.09. The summed E-state index contributed by atoms with van der Waals surface area (Å²) in [5.41, 5.74) is -0.249. The second kappa shape index (κ2) is 10.9. The second-order valence-electron chi connectivity index (χ2n) is 6.71. The van der Waals surface area contributed by atoms with Gasteiger partial charge in [-0.3, -0.25) is 14.4 Å². The summed E-state index contributed by atoms with van der Waals surface area (Å²) in [6, 6.07) is 9.20. The number of ether oxygens (including phenoxy) is 1. The summed E-state index contributed by atoms with van der Waals surface area (Å²) in [7, 11) is -3.79. The zero-order chi connectivity index (χ0) is 24.6. The van der Waals surface area contributed by atoms with Crippen LogP contribution >= 0.6 is 0 Å². The molecular weight excluding hydrogens is 467 g/mol. The number of carbonyl (C=O) groups excluding carboxylic acids is 3. The molecule has 2 rings (SSSR count). The summed E-state index contributed by atoms with van der Waals surface area (Å²) >= 11 is 0. The van der Waals surface area contributed by atoms with Crippen LogP contribution in [-0.2, 0) is 36.9 Å². The van der Waals surface area contributed by atoms with Gasteiger partial charge in [-0.25, -0.2) is 13.6 Å². The highest BCUT2D eigenvalue weighted by atomic mass is 32.2. The molecule has 0 radical (unpaired) electrons. The number of carbonyl (C=O) groups is 3. The van der Waals surface area contributed by atoms with Crippen LogP contribution in [0.5, 0.6) is 0 Å². The molecule has 0 bridgehead atoms. The van der Waals surface area contributed by atoms with Crippen LogP contribution in [-0.4, -0.2) is 45.9 Å². The van der Waals surface area contributed by atoms with Crippen molar-refractivity contribution in [2.24, 2.45) is 5.14 Å². The number of hydrogen-bond donors (Lipinski definition) is 3. The molecule has 2 aromatic rings. The number of amides is 2. The van der Waals surface area contributed by atoms with Crippen LogP contribution in [0.15, 0.2) is 53.4 Å². The number of benzene rings is 2. The van der Waals surface area contributed by atoms with Crippen LogP contribution in [0.1, 0.15) is 21.5 Å². The molecule has 2 aromatic carbocycles. The van der Waals surface area contributed by atoms with E-state index in [-0.39, 0.29) is 17.0 Å². The first-order valence-electron chi connectivity index (χ1n) is 9.36. The third-order valence-corrected chi connectivity index (χ3v) is 5.15. The largest absolute Gasteiger partial charge is 0.454 e. The number of nitrogens with one attached hydrogen (secondary N) is 2. The van der Waals surface area contributed by atoms with E-state index in [1.165, 1.54) is 12.1 Å². The summed E-state index contributed by atoms with van der Waals surface area (Å²) in [6.07, 6.45) is -4.15. The Labute approximate surface area is 187 Å². The SMILES string of the molecule is NS(=O)(=O)c1ccc(CCNC(=O)COC(=O)CNC(=O)c2ccc(C(F)(F)F)cc2)cc1. The first-order valence-corrected chi connectivity index (χ1v) is 10.9. The molecule has 178 valence electrons. The van der Waals surface area contributed by atoms with Crippen LogP contribution in [0.3, 0.4) is 0 Å². The van der Waals surface area contributed by atoms with Crippen LogP contribution in [0, 0.1) is 0 Å². The summed E-state index contributed by atoms with van der Waals surface area (Å²) < 4.78 is 64.7. The molecule has 0 aliphatic heterocycles. The highest BCUT2D eigenvalue weighted by molar-refractivity contribution is 7.89. The average Bonchev–Trinajstić information content (AvgIpc) is 2.75.